The second kappa shape index (κ2) is 5.33. The predicted molar refractivity (Wildman–Crippen MR) is 89.8 cm³/mol. The van der Waals surface area contributed by atoms with Crippen LogP contribution in [0, 0.1) is 20.8 Å². The lowest BCUT2D eigenvalue weighted by Crippen LogP contribution is -2.05. The maximum absolute atomic E-state index is 5.96. The number of nitrogens with zero attached hydrogens (tertiary/aromatic N) is 2. The van der Waals surface area contributed by atoms with Crippen molar-refractivity contribution in [2.45, 2.75) is 27.3 Å². The number of fused-ring (bicyclic) bond motifs is 1. The number of anilines is 2. The van der Waals surface area contributed by atoms with Crippen LogP contribution in [-0.2, 0) is 6.54 Å². The highest BCUT2D eigenvalue weighted by Crippen LogP contribution is 2.32. The van der Waals surface area contributed by atoms with Crippen molar-refractivity contribution in [2.24, 2.45) is 0 Å². The second-order valence-corrected chi connectivity index (χ2v) is 6.37. The monoisotopic (exact) mass is 298 g/mol. The number of aryl methyl sites for hydroxylation is 2. The first-order valence-electron chi connectivity index (χ1n) is 6.86. The fourth-order valence-electron chi connectivity index (χ4n) is 2.39. The van der Waals surface area contributed by atoms with Crippen molar-refractivity contribution >= 4 is 33.1 Å². The number of nitrogens with one attached hydrogen (secondary N) is 1. The van der Waals surface area contributed by atoms with E-state index in [9.17, 15) is 0 Å². The van der Waals surface area contributed by atoms with E-state index < -0.39 is 0 Å². The normalized spacial score (nSPS) is 11.0. The SMILES string of the molecule is Cc1sc2ncnc(NCc3cccc(N)c3C)c2c1C. The van der Waals surface area contributed by atoms with Crippen LogP contribution in [0.5, 0.6) is 0 Å². The van der Waals surface area contributed by atoms with E-state index in [4.69, 9.17) is 5.73 Å². The second-order valence-electron chi connectivity index (χ2n) is 5.17. The minimum Gasteiger partial charge on any atom is -0.399 e. The summed E-state index contributed by atoms with van der Waals surface area (Å²) in [6.07, 6.45) is 1.62. The summed E-state index contributed by atoms with van der Waals surface area (Å²) >= 11 is 1.71. The topological polar surface area (TPSA) is 63.8 Å². The van der Waals surface area contributed by atoms with Crippen LogP contribution in [0.3, 0.4) is 0 Å². The van der Waals surface area contributed by atoms with Crippen LogP contribution in [0.1, 0.15) is 21.6 Å². The van der Waals surface area contributed by atoms with Gasteiger partial charge in [-0.25, -0.2) is 9.97 Å². The molecule has 0 saturated carbocycles. The number of thiophene rings is 1. The van der Waals surface area contributed by atoms with Crippen molar-refractivity contribution in [3.05, 3.63) is 46.1 Å². The van der Waals surface area contributed by atoms with E-state index in [-0.39, 0.29) is 0 Å². The highest BCUT2D eigenvalue weighted by atomic mass is 32.1. The molecule has 5 heteroatoms. The van der Waals surface area contributed by atoms with E-state index in [0.717, 1.165) is 27.3 Å². The Morgan fingerprint density at radius 3 is 2.76 bits per heavy atom. The summed E-state index contributed by atoms with van der Waals surface area (Å²) in [7, 11) is 0. The number of benzene rings is 1. The fraction of sp³-hybridized carbons (Fsp3) is 0.250. The van der Waals surface area contributed by atoms with Gasteiger partial charge in [-0.1, -0.05) is 12.1 Å². The third-order valence-electron chi connectivity index (χ3n) is 3.90. The molecule has 0 aliphatic carbocycles. The van der Waals surface area contributed by atoms with Crippen LogP contribution in [0.15, 0.2) is 24.5 Å². The number of nitrogen functional groups attached to an aromatic ring is 1. The fourth-order valence-corrected chi connectivity index (χ4v) is 3.39. The quantitative estimate of drug-likeness (QED) is 0.722. The van der Waals surface area contributed by atoms with E-state index in [0.29, 0.717) is 6.54 Å². The number of hydrogen-bond acceptors (Lipinski definition) is 5. The van der Waals surface area contributed by atoms with Crippen molar-refractivity contribution in [3.63, 3.8) is 0 Å². The van der Waals surface area contributed by atoms with Crippen molar-refractivity contribution in [3.8, 4) is 0 Å². The molecule has 1 aromatic carbocycles. The van der Waals surface area contributed by atoms with Crippen molar-refractivity contribution in [2.75, 3.05) is 11.1 Å². The Labute approximate surface area is 128 Å². The minimum atomic E-state index is 0.706. The zero-order valence-electron chi connectivity index (χ0n) is 12.4. The number of hydrogen-bond donors (Lipinski definition) is 2. The molecule has 0 atom stereocenters. The van der Waals surface area contributed by atoms with Crippen LogP contribution in [0.2, 0.25) is 0 Å². The van der Waals surface area contributed by atoms with Gasteiger partial charge in [0.25, 0.3) is 0 Å². The van der Waals surface area contributed by atoms with Gasteiger partial charge in [0.15, 0.2) is 0 Å². The summed E-state index contributed by atoms with van der Waals surface area (Å²) in [4.78, 5) is 11.1. The van der Waals surface area contributed by atoms with Gasteiger partial charge < -0.3 is 11.1 Å². The minimum absolute atomic E-state index is 0.706. The molecule has 3 aromatic rings. The Morgan fingerprint density at radius 2 is 1.95 bits per heavy atom. The average molecular weight is 298 g/mol. The lowest BCUT2D eigenvalue weighted by Gasteiger charge is -2.11. The van der Waals surface area contributed by atoms with Gasteiger partial charge in [0.2, 0.25) is 0 Å². The van der Waals surface area contributed by atoms with Gasteiger partial charge >= 0.3 is 0 Å². The Hall–Kier alpha value is -2.14. The molecule has 3 N–H and O–H groups in total. The first kappa shape index (κ1) is 13.8. The van der Waals surface area contributed by atoms with Gasteiger partial charge in [0, 0.05) is 17.1 Å². The molecule has 108 valence electrons. The van der Waals surface area contributed by atoms with E-state index in [1.165, 1.54) is 16.0 Å². The molecule has 4 nitrogen and oxygen atoms in total. The maximum Gasteiger partial charge on any atom is 0.138 e. The lowest BCUT2D eigenvalue weighted by molar-refractivity contribution is 1.09. The number of rotatable bonds is 3. The molecule has 0 spiro atoms. The Balaban J connectivity index is 1.94. The molecule has 2 aromatic heterocycles. The van der Waals surface area contributed by atoms with Crippen molar-refractivity contribution < 1.29 is 0 Å². The van der Waals surface area contributed by atoms with Crippen LogP contribution in [-0.4, -0.2) is 9.97 Å². The van der Waals surface area contributed by atoms with E-state index >= 15 is 0 Å². The zero-order chi connectivity index (χ0) is 15.0. The van der Waals surface area contributed by atoms with E-state index in [2.05, 4.69) is 35.2 Å². The molecular weight excluding hydrogens is 280 g/mol. The maximum atomic E-state index is 5.96. The van der Waals surface area contributed by atoms with Crippen LogP contribution in [0.25, 0.3) is 10.2 Å². The summed E-state index contributed by atoms with van der Waals surface area (Å²) in [5.74, 6) is 0.892. The van der Waals surface area contributed by atoms with Crippen LogP contribution < -0.4 is 11.1 Å². The highest BCUT2D eigenvalue weighted by Gasteiger charge is 2.12. The number of nitrogens with two attached hydrogens (primary N) is 1. The molecule has 2 heterocycles. The largest absolute Gasteiger partial charge is 0.399 e. The smallest absolute Gasteiger partial charge is 0.138 e. The van der Waals surface area contributed by atoms with Gasteiger partial charge in [-0.15, -0.1) is 11.3 Å². The summed E-state index contributed by atoms with van der Waals surface area (Å²) in [6.45, 7) is 6.99. The summed E-state index contributed by atoms with van der Waals surface area (Å²) in [5.41, 5.74) is 10.3. The molecule has 0 saturated heterocycles. The van der Waals surface area contributed by atoms with Gasteiger partial charge in [-0.2, -0.15) is 0 Å². The molecule has 0 aliphatic heterocycles. The molecule has 0 unspecified atom stereocenters. The Morgan fingerprint density at radius 1 is 1.14 bits per heavy atom. The third kappa shape index (κ3) is 2.45. The first-order valence-corrected chi connectivity index (χ1v) is 7.68. The van der Waals surface area contributed by atoms with Crippen molar-refractivity contribution in [1.82, 2.24) is 9.97 Å². The average Bonchev–Trinajstić information content (AvgIpc) is 2.76. The Kier molecular flexibility index (Phi) is 3.51. The van der Waals surface area contributed by atoms with Gasteiger partial charge in [-0.3, -0.25) is 0 Å². The summed E-state index contributed by atoms with van der Waals surface area (Å²) in [5, 5.41) is 4.55. The molecule has 0 bridgehead atoms. The zero-order valence-corrected chi connectivity index (χ0v) is 13.2. The Bertz CT molecular complexity index is 807. The van der Waals surface area contributed by atoms with Crippen LogP contribution >= 0.6 is 11.3 Å². The third-order valence-corrected chi connectivity index (χ3v) is 5.01. The molecule has 0 aliphatic rings. The highest BCUT2D eigenvalue weighted by molar-refractivity contribution is 7.18. The molecule has 0 fully saturated rings. The predicted octanol–water partition coefficient (Wildman–Crippen LogP) is 3.81. The number of aromatic nitrogens is 2. The van der Waals surface area contributed by atoms with Gasteiger partial charge in [0.05, 0.1) is 5.39 Å². The van der Waals surface area contributed by atoms with Gasteiger partial charge in [-0.05, 0) is 43.5 Å². The van der Waals surface area contributed by atoms with Gasteiger partial charge in [0.1, 0.15) is 17.0 Å². The molecule has 0 radical (unpaired) electrons. The summed E-state index contributed by atoms with van der Waals surface area (Å²) < 4.78 is 0. The lowest BCUT2D eigenvalue weighted by atomic mass is 10.1. The summed E-state index contributed by atoms with van der Waals surface area (Å²) in [6, 6.07) is 5.99. The molecule has 3 rings (SSSR count). The van der Waals surface area contributed by atoms with E-state index in [1.807, 2.05) is 19.1 Å². The molecule has 0 amide bonds. The molecular formula is C16H18N4S. The van der Waals surface area contributed by atoms with Crippen LogP contribution in [0.4, 0.5) is 11.5 Å². The standard InChI is InChI=1S/C16H18N4S/c1-9-11(3)21-16-14(9)15(19-8-20-16)18-7-12-5-4-6-13(17)10(12)2/h4-6,8H,7,17H2,1-3H3,(H,18,19,20). The first-order chi connectivity index (χ1) is 10.1. The van der Waals surface area contributed by atoms with Crippen molar-refractivity contribution in [1.29, 1.82) is 0 Å². The van der Waals surface area contributed by atoms with E-state index in [1.54, 1.807) is 17.7 Å². The molecule has 21 heavy (non-hydrogen) atoms.